The lowest BCUT2D eigenvalue weighted by molar-refractivity contribution is -0.143. The highest BCUT2D eigenvalue weighted by Crippen LogP contribution is 2.22. The number of amides is 3. The minimum Gasteiger partial charge on any atom is -0.480 e. The zero-order valence-electron chi connectivity index (χ0n) is 19.4. The second-order valence-electron chi connectivity index (χ2n) is 8.39. The Kier molecular flexibility index (Phi) is 9.58. The number of carbonyl (C=O) groups excluding carboxylic acids is 3. The molecule has 0 unspecified atom stereocenters. The van der Waals surface area contributed by atoms with Gasteiger partial charge in [-0.15, -0.1) is 0 Å². The summed E-state index contributed by atoms with van der Waals surface area (Å²) in [5, 5.41) is 14.1. The van der Waals surface area contributed by atoms with Crippen LogP contribution < -0.4 is 10.6 Å². The average Bonchev–Trinajstić information content (AvgIpc) is 2.87. The fourth-order valence-corrected chi connectivity index (χ4v) is 3.89. The molecule has 3 rings (SSSR count). The topological polar surface area (TPSA) is 138 Å². The molecule has 1 aliphatic rings. The number of nitrogens with zero attached hydrogens (tertiary/aromatic N) is 2. The zero-order valence-corrected chi connectivity index (χ0v) is 19.4. The summed E-state index contributed by atoms with van der Waals surface area (Å²) >= 11 is 0. The maximum Gasteiger partial charge on any atom is 0.408 e. The van der Waals surface area contributed by atoms with Crippen LogP contribution in [0.5, 0.6) is 0 Å². The Morgan fingerprint density at radius 1 is 1.11 bits per heavy atom. The number of rotatable bonds is 11. The van der Waals surface area contributed by atoms with E-state index in [1.165, 1.54) is 4.90 Å². The van der Waals surface area contributed by atoms with Crippen molar-refractivity contribution in [2.24, 2.45) is 5.92 Å². The van der Waals surface area contributed by atoms with Crippen molar-refractivity contribution in [3.8, 4) is 0 Å². The van der Waals surface area contributed by atoms with Crippen LogP contribution in [0.2, 0.25) is 0 Å². The molecule has 0 saturated carbocycles. The lowest BCUT2D eigenvalue weighted by Crippen LogP contribution is -2.51. The van der Waals surface area contributed by atoms with Gasteiger partial charge in [0.1, 0.15) is 12.6 Å². The van der Waals surface area contributed by atoms with Crippen molar-refractivity contribution < 1.29 is 29.0 Å². The number of alkyl carbamates (subject to hydrolysis) is 1. The molecule has 0 bridgehead atoms. The van der Waals surface area contributed by atoms with E-state index in [1.54, 1.807) is 36.7 Å². The molecule has 1 aromatic carbocycles. The fourth-order valence-electron chi connectivity index (χ4n) is 3.89. The third kappa shape index (κ3) is 8.40. The van der Waals surface area contributed by atoms with Gasteiger partial charge in [0.15, 0.2) is 0 Å². The molecule has 2 heterocycles. The van der Waals surface area contributed by atoms with Gasteiger partial charge in [0.2, 0.25) is 11.8 Å². The van der Waals surface area contributed by atoms with Crippen molar-refractivity contribution in [3.63, 3.8) is 0 Å². The monoisotopic (exact) mass is 482 g/mol. The summed E-state index contributed by atoms with van der Waals surface area (Å²) in [4.78, 5) is 54.2. The first-order valence-corrected chi connectivity index (χ1v) is 11.6. The van der Waals surface area contributed by atoms with Gasteiger partial charge in [0, 0.05) is 31.4 Å². The van der Waals surface area contributed by atoms with E-state index in [1.807, 2.05) is 18.2 Å². The van der Waals surface area contributed by atoms with Crippen LogP contribution in [0.4, 0.5) is 4.79 Å². The Morgan fingerprint density at radius 3 is 2.57 bits per heavy atom. The van der Waals surface area contributed by atoms with E-state index >= 15 is 0 Å². The van der Waals surface area contributed by atoms with E-state index in [9.17, 15) is 24.3 Å². The molecule has 3 N–H and O–H groups in total. The Morgan fingerprint density at radius 2 is 1.86 bits per heavy atom. The van der Waals surface area contributed by atoms with Crippen LogP contribution in [0, 0.1) is 5.92 Å². The highest BCUT2D eigenvalue weighted by Gasteiger charge is 2.30. The zero-order chi connectivity index (χ0) is 25.0. The number of hydrogen-bond acceptors (Lipinski definition) is 6. The molecule has 0 radical (unpaired) electrons. The summed E-state index contributed by atoms with van der Waals surface area (Å²) in [6.07, 6.45) is 5.56. The van der Waals surface area contributed by atoms with Gasteiger partial charge in [-0.2, -0.15) is 0 Å². The van der Waals surface area contributed by atoms with E-state index in [-0.39, 0.29) is 31.5 Å². The number of hydrogen-bond donors (Lipinski definition) is 3. The molecule has 1 fully saturated rings. The van der Waals surface area contributed by atoms with Gasteiger partial charge >= 0.3 is 12.1 Å². The minimum absolute atomic E-state index is 0.00916. The predicted octanol–water partition coefficient (Wildman–Crippen LogP) is 1.75. The number of carboxylic acid groups (broad SMARTS) is 1. The number of likely N-dealkylation sites (tertiary alicyclic amines) is 1. The summed E-state index contributed by atoms with van der Waals surface area (Å²) < 4.78 is 5.04. The molecule has 3 amide bonds. The summed E-state index contributed by atoms with van der Waals surface area (Å²) in [6.45, 7) is -0.0211. The number of aliphatic carboxylic acids is 1. The fraction of sp³-hybridized carbons (Fsp3) is 0.400. The van der Waals surface area contributed by atoms with Crippen molar-refractivity contribution in [3.05, 3.63) is 66.0 Å². The van der Waals surface area contributed by atoms with E-state index in [0.29, 0.717) is 13.0 Å². The van der Waals surface area contributed by atoms with E-state index in [0.717, 1.165) is 30.4 Å². The lowest BCUT2D eigenvalue weighted by Gasteiger charge is -2.32. The van der Waals surface area contributed by atoms with Gasteiger partial charge in [-0.05, 0) is 48.9 Å². The molecule has 0 aliphatic carbocycles. The van der Waals surface area contributed by atoms with Crippen LogP contribution in [0.15, 0.2) is 54.9 Å². The van der Waals surface area contributed by atoms with E-state index in [4.69, 9.17) is 4.74 Å². The molecule has 186 valence electrons. The van der Waals surface area contributed by atoms with E-state index < -0.39 is 24.0 Å². The van der Waals surface area contributed by atoms with Gasteiger partial charge in [-0.3, -0.25) is 14.6 Å². The van der Waals surface area contributed by atoms with Crippen LogP contribution in [0.1, 0.15) is 30.4 Å². The third-order valence-corrected chi connectivity index (χ3v) is 5.81. The number of piperidine rings is 1. The van der Waals surface area contributed by atoms with Crippen LogP contribution in [-0.2, 0) is 32.1 Å². The van der Waals surface area contributed by atoms with E-state index in [2.05, 4.69) is 15.6 Å². The Bertz CT molecular complexity index is 1000. The number of ether oxygens (including phenoxy) is 1. The predicted molar refractivity (Wildman–Crippen MR) is 126 cm³/mol. The quantitative estimate of drug-likeness (QED) is 0.444. The second-order valence-corrected chi connectivity index (χ2v) is 8.39. The number of carboxylic acids is 1. The summed E-state index contributed by atoms with van der Waals surface area (Å²) in [6, 6.07) is 11.4. The maximum atomic E-state index is 12.8. The first kappa shape index (κ1) is 25.7. The molecule has 2 atom stereocenters. The Balaban J connectivity index is 1.42. The Hall–Kier alpha value is -3.95. The highest BCUT2D eigenvalue weighted by atomic mass is 16.5. The molecule has 35 heavy (non-hydrogen) atoms. The first-order chi connectivity index (χ1) is 16.9. The molecule has 10 nitrogen and oxygen atoms in total. The number of nitrogens with one attached hydrogen (secondary N) is 2. The number of benzene rings is 1. The maximum absolute atomic E-state index is 12.8. The summed E-state index contributed by atoms with van der Waals surface area (Å²) in [7, 11) is 0. The van der Waals surface area contributed by atoms with Crippen molar-refractivity contribution in [2.75, 3.05) is 19.6 Å². The van der Waals surface area contributed by atoms with Crippen molar-refractivity contribution in [1.29, 1.82) is 0 Å². The van der Waals surface area contributed by atoms with Gasteiger partial charge in [-0.1, -0.05) is 30.3 Å². The second kappa shape index (κ2) is 13.1. The molecule has 1 saturated heterocycles. The SMILES string of the molecule is O=C(CN1CCC[C@@H](CCc2ccncc2)C1=O)NC[C@H](NC(=O)OCc1ccccc1)C(=O)O. The number of pyridine rings is 1. The third-order valence-electron chi connectivity index (χ3n) is 5.81. The number of aryl methyl sites for hydroxylation is 1. The van der Waals surface area contributed by atoms with Crippen LogP contribution in [0.25, 0.3) is 0 Å². The van der Waals surface area contributed by atoms with Gasteiger partial charge in [-0.25, -0.2) is 9.59 Å². The molecule has 0 spiro atoms. The normalized spacial score (nSPS) is 16.3. The van der Waals surface area contributed by atoms with Crippen LogP contribution in [-0.4, -0.2) is 64.5 Å². The number of carbonyl (C=O) groups is 4. The largest absolute Gasteiger partial charge is 0.480 e. The Labute approximate surface area is 203 Å². The first-order valence-electron chi connectivity index (χ1n) is 11.6. The van der Waals surface area contributed by atoms with Gasteiger partial charge in [0.25, 0.3) is 0 Å². The van der Waals surface area contributed by atoms with Crippen molar-refractivity contribution in [1.82, 2.24) is 20.5 Å². The summed E-state index contributed by atoms with van der Waals surface area (Å²) in [5.74, 6) is -2.03. The van der Waals surface area contributed by atoms with Gasteiger partial charge < -0.3 is 25.4 Å². The molecule has 2 aromatic rings. The van der Waals surface area contributed by atoms with Crippen LogP contribution in [0.3, 0.4) is 0 Å². The molecular formula is C25H30N4O6. The minimum atomic E-state index is -1.37. The van der Waals surface area contributed by atoms with Crippen molar-refractivity contribution >= 4 is 23.9 Å². The lowest BCUT2D eigenvalue weighted by atomic mass is 9.91. The molecule has 1 aromatic heterocycles. The highest BCUT2D eigenvalue weighted by molar-refractivity contribution is 5.87. The smallest absolute Gasteiger partial charge is 0.408 e. The van der Waals surface area contributed by atoms with Crippen molar-refractivity contribution in [2.45, 2.75) is 38.3 Å². The molecular weight excluding hydrogens is 452 g/mol. The van der Waals surface area contributed by atoms with Gasteiger partial charge in [0.05, 0.1) is 6.54 Å². The standard InChI is InChI=1S/C25H30N4O6/c30-22(16-29-14-4-7-20(23(29)31)9-8-18-10-12-26-13-11-18)27-15-21(24(32)33)28-25(34)35-17-19-5-2-1-3-6-19/h1-3,5-6,10-13,20-21H,4,7-9,14-17H2,(H,27,30)(H,28,34)(H,32,33)/t20-,21-/m0/s1. The molecule has 10 heteroatoms. The number of aromatic nitrogens is 1. The summed E-state index contributed by atoms with van der Waals surface area (Å²) in [5.41, 5.74) is 1.87. The average molecular weight is 483 g/mol. The molecule has 1 aliphatic heterocycles. The van der Waals surface area contributed by atoms with Crippen LogP contribution >= 0.6 is 0 Å².